The molecule has 0 amide bonds. The first-order chi connectivity index (χ1) is 10.4. The molecule has 0 atom stereocenters. The van der Waals surface area contributed by atoms with Crippen LogP contribution in [0.25, 0.3) is 33.4 Å². The minimum atomic E-state index is 0.795. The number of nitrogens with zero attached hydrogens (tertiary/aromatic N) is 2. The van der Waals surface area contributed by atoms with E-state index in [0.29, 0.717) is 0 Å². The molecule has 21 heavy (non-hydrogen) atoms. The van der Waals surface area contributed by atoms with E-state index in [2.05, 4.69) is 22.3 Å². The summed E-state index contributed by atoms with van der Waals surface area (Å²) < 4.78 is 5.50. The van der Waals surface area contributed by atoms with Crippen molar-refractivity contribution in [3.63, 3.8) is 0 Å². The minimum Gasteiger partial charge on any atom is -0.356 e. The Hall–Kier alpha value is -2.94. The van der Waals surface area contributed by atoms with E-state index in [-0.39, 0.29) is 0 Å². The summed E-state index contributed by atoms with van der Waals surface area (Å²) in [5, 5.41) is 5.24. The van der Waals surface area contributed by atoms with Crippen molar-refractivity contribution in [2.24, 2.45) is 0 Å². The third-order valence-corrected chi connectivity index (χ3v) is 3.53. The van der Waals surface area contributed by atoms with Crippen LogP contribution >= 0.6 is 0 Å². The molecule has 0 fully saturated rings. The summed E-state index contributed by atoms with van der Waals surface area (Å²) >= 11 is 0. The molecule has 0 N–H and O–H groups in total. The van der Waals surface area contributed by atoms with Gasteiger partial charge in [-0.15, -0.1) is 0 Å². The second kappa shape index (κ2) is 4.87. The largest absolute Gasteiger partial charge is 0.356 e. The SMILES string of the molecule is c1ccc(-c2noc3cc(-c4ccncc4)ccc23)cc1. The summed E-state index contributed by atoms with van der Waals surface area (Å²) in [5.74, 6) is 0. The van der Waals surface area contributed by atoms with Crippen molar-refractivity contribution < 1.29 is 4.52 Å². The molecule has 3 heteroatoms. The number of hydrogen-bond donors (Lipinski definition) is 0. The highest BCUT2D eigenvalue weighted by molar-refractivity contribution is 5.93. The highest BCUT2D eigenvalue weighted by Gasteiger charge is 2.11. The van der Waals surface area contributed by atoms with Crippen molar-refractivity contribution in [2.75, 3.05) is 0 Å². The van der Waals surface area contributed by atoms with E-state index in [0.717, 1.165) is 33.4 Å². The molecule has 0 aliphatic carbocycles. The first-order valence-corrected chi connectivity index (χ1v) is 6.77. The van der Waals surface area contributed by atoms with Crippen LogP contribution in [-0.2, 0) is 0 Å². The van der Waals surface area contributed by atoms with Crippen LogP contribution in [0.15, 0.2) is 77.6 Å². The van der Waals surface area contributed by atoms with Crippen molar-refractivity contribution in [1.82, 2.24) is 10.1 Å². The minimum absolute atomic E-state index is 0.795. The standard InChI is InChI=1S/C18H12N2O/c1-2-4-14(5-3-1)18-16-7-6-15(12-17(16)21-20-18)13-8-10-19-11-9-13/h1-12H. The van der Waals surface area contributed by atoms with Crippen LogP contribution in [0.5, 0.6) is 0 Å². The maximum Gasteiger partial charge on any atom is 0.168 e. The monoisotopic (exact) mass is 272 g/mol. The Morgan fingerprint density at radius 2 is 1.52 bits per heavy atom. The van der Waals surface area contributed by atoms with Gasteiger partial charge in [-0.1, -0.05) is 41.6 Å². The Balaban J connectivity index is 1.85. The number of fused-ring (bicyclic) bond motifs is 1. The molecule has 2 heterocycles. The van der Waals surface area contributed by atoms with Crippen LogP contribution in [0.4, 0.5) is 0 Å². The second-order valence-electron chi connectivity index (χ2n) is 4.84. The summed E-state index contributed by atoms with van der Waals surface area (Å²) in [7, 11) is 0. The second-order valence-corrected chi connectivity index (χ2v) is 4.84. The molecule has 4 aromatic rings. The van der Waals surface area contributed by atoms with Gasteiger partial charge >= 0.3 is 0 Å². The zero-order valence-electron chi connectivity index (χ0n) is 11.2. The van der Waals surface area contributed by atoms with Gasteiger partial charge in [-0.25, -0.2) is 0 Å². The van der Waals surface area contributed by atoms with Crippen molar-refractivity contribution in [3.05, 3.63) is 73.1 Å². The fourth-order valence-corrected chi connectivity index (χ4v) is 2.47. The Labute approximate surface area is 121 Å². The Morgan fingerprint density at radius 3 is 2.33 bits per heavy atom. The summed E-state index contributed by atoms with van der Waals surface area (Å²) in [5.41, 5.74) is 4.95. The molecule has 3 nitrogen and oxygen atoms in total. The summed E-state index contributed by atoms with van der Waals surface area (Å²) in [6.45, 7) is 0. The normalized spacial score (nSPS) is 10.9. The van der Waals surface area contributed by atoms with E-state index in [1.807, 2.05) is 48.5 Å². The van der Waals surface area contributed by atoms with Crippen LogP contribution in [0.1, 0.15) is 0 Å². The molecule has 0 aliphatic heterocycles. The van der Waals surface area contributed by atoms with Gasteiger partial charge in [0.25, 0.3) is 0 Å². The van der Waals surface area contributed by atoms with Gasteiger partial charge in [0.05, 0.1) is 0 Å². The summed E-state index contributed by atoms with van der Waals surface area (Å²) in [4.78, 5) is 4.04. The van der Waals surface area contributed by atoms with Gasteiger partial charge in [-0.2, -0.15) is 0 Å². The number of pyridine rings is 1. The Kier molecular flexibility index (Phi) is 2.75. The first-order valence-electron chi connectivity index (χ1n) is 6.77. The highest BCUT2D eigenvalue weighted by atomic mass is 16.5. The molecule has 0 saturated heterocycles. The third-order valence-electron chi connectivity index (χ3n) is 3.53. The topological polar surface area (TPSA) is 38.9 Å². The predicted octanol–water partition coefficient (Wildman–Crippen LogP) is 4.56. The van der Waals surface area contributed by atoms with E-state index in [4.69, 9.17) is 4.52 Å². The van der Waals surface area contributed by atoms with Crippen LogP contribution < -0.4 is 0 Å². The van der Waals surface area contributed by atoms with Crippen LogP contribution in [0.3, 0.4) is 0 Å². The van der Waals surface area contributed by atoms with Gasteiger partial charge in [-0.05, 0) is 35.4 Å². The van der Waals surface area contributed by atoms with Gasteiger partial charge in [0.15, 0.2) is 5.58 Å². The molecule has 0 saturated carbocycles. The zero-order chi connectivity index (χ0) is 14.1. The van der Waals surface area contributed by atoms with Crippen molar-refractivity contribution in [1.29, 1.82) is 0 Å². The van der Waals surface area contributed by atoms with E-state index in [9.17, 15) is 0 Å². The number of hydrogen-bond acceptors (Lipinski definition) is 3. The lowest BCUT2D eigenvalue weighted by molar-refractivity contribution is 0.459. The summed E-state index contributed by atoms with van der Waals surface area (Å²) in [6, 6.07) is 20.2. The lowest BCUT2D eigenvalue weighted by atomic mass is 10.0. The van der Waals surface area contributed by atoms with Crippen molar-refractivity contribution in [2.45, 2.75) is 0 Å². The molecule has 0 spiro atoms. The number of aromatic nitrogens is 2. The Morgan fingerprint density at radius 1 is 0.714 bits per heavy atom. The first kappa shape index (κ1) is 11.9. The van der Waals surface area contributed by atoms with Gasteiger partial charge < -0.3 is 4.52 Å². The van der Waals surface area contributed by atoms with Crippen LogP contribution in [0.2, 0.25) is 0 Å². The smallest absolute Gasteiger partial charge is 0.168 e. The molecule has 100 valence electrons. The average Bonchev–Trinajstić information content (AvgIpc) is 2.99. The molecular weight excluding hydrogens is 260 g/mol. The van der Waals surface area contributed by atoms with Crippen LogP contribution in [0, 0.1) is 0 Å². The highest BCUT2D eigenvalue weighted by Crippen LogP contribution is 2.30. The fourth-order valence-electron chi connectivity index (χ4n) is 2.47. The van der Waals surface area contributed by atoms with E-state index >= 15 is 0 Å². The maximum absolute atomic E-state index is 5.50. The number of benzene rings is 2. The molecule has 0 radical (unpaired) electrons. The number of rotatable bonds is 2. The maximum atomic E-state index is 5.50. The third kappa shape index (κ3) is 2.09. The lowest BCUT2D eigenvalue weighted by Gasteiger charge is -2.00. The van der Waals surface area contributed by atoms with E-state index < -0.39 is 0 Å². The van der Waals surface area contributed by atoms with E-state index in [1.165, 1.54) is 0 Å². The Bertz CT molecular complexity index is 883. The van der Waals surface area contributed by atoms with Gasteiger partial charge in [0, 0.05) is 23.3 Å². The molecule has 4 rings (SSSR count). The van der Waals surface area contributed by atoms with Crippen molar-refractivity contribution >= 4 is 11.0 Å². The van der Waals surface area contributed by atoms with Gasteiger partial charge in [-0.3, -0.25) is 4.98 Å². The van der Waals surface area contributed by atoms with Crippen molar-refractivity contribution in [3.8, 4) is 22.4 Å². The summed E-state index contributed by atoms with van der Waals surface area (Å²) in [6.07, 6.45) is 3.57. The molecule has 2 aromatic carbocycles. The molecule has 0 bridgehead atoms. The lowest BCUT2D eigenvalue weighted by Crippen LogP contribution is -1.79. The predicted molar refractivity (Wildman–Crippen MR) is 82.7 cm³/mol. The molecule has 0 unspecified atom stereocenters. The fraction of sp³-hybridized carbons (Fsp3) is 0. The quantitative estimate of drug-likeness (QED) is 0.537. The zero-order valence-corrected chi connectivity index (χ0v) is 11.2. The molecule has 0 aliphatic rings. The van der Waals surface area contributed by atoms with Gasteiger partial charge in [0.2, 0.25) is 0 Å². The molecular formula is C18H12N2O. The van der Waals surface area contributed by atoms with Crippen LogP contribution in [-0.4, -0.2) is 10.1 Å². The van der Waals surface area contributed by atoms with E-state index in [1.54, 1.807) is 12.4 Å². The molecule has 2 aromatic heterocycles. The average molecular weight is 272 g/mol. The van der Waals surface area contributed by atoms with Gasteiger partial charge in [0.1, 0.15) is 5.69 Å².